The molecule has 6 heteroatoms. The van der Waals surface area contributed by atoms with E-state index in [1.165, 1.54) is 6.07 Å². The number of aromatic nitrogens is 1. The zero-order valence-corrected chi connectivity index (χ0v) is 10.3. The Balaban J connectivity index is 3.02. The van der Waals surface area contributed by atoms with Gasteiger partial charge in [0.25, 0.3) is 5.69 Å². The fourth-order valence-corrected chi connectivity index (χ4v) is 1.41. The average Bonchev–Trinajstić information content (AvgIpc) is 2.26. The van der Waals surface area contributed by atoms with E-state index in [4.69, 9.17) is 11.6 Å². The van der Waals surface area contributed by atoms with E-state index in [2.05, 4.69) is 22.1 Å². The third-order valence-corrected chi connectivity index (χ3v) is 2.35. The van der Waals surface area contributed by atoms with Crippen molar-refractivity contribution in [2.75, 3.05) is 13.6 Å². The summed E-state index contributed by atoms with van der Waals surface area (Å²) in [6.07, 6.45) is 0.647. The van der Waals surface area contributed by atoms with Gasteiger partial charge >= 0.3 is 0 Å². The van der Waals surface area contributed by atoms with Crippen LogP contribution >= 0.6 is 11.6 Å². The molecule has 1 aromatic rings. The quantitative estimate of drug-likeness (QED) is 0.294. The molecular formula is C11H12ClN3O2. The Kier molecular flexibility index (Phi) is 4.88. The first kappa shape index (κ1) is 13.4. The molecule has 0 aliphatic rings. The molecule has 0 radical (unpaired) electrons. The molecule has 5 nitrogen and oxygen atoms in total. The second-order valence-electron chi connectivity index (χ2n) is 3.34. The molecule has 0 aliphatic carbocycles. The standard InChI is InChI=1S/C11H12ClN3O2/c1-8-10(15(16)17)7-9(11(12)14-8)5-3-4-6-13-2/h7,13H,4,6H2,1-2H3. The van der Waals surface area contributed by atoms with E-state index in [1.54, 1.807) is 6.92 Å². The first-order chi connectivity index (χ1) is 8.06. The van der Waals surface area contributed by atoms with Crippen molar-refractivity contribution in [3.05, 3.63) is 32.6 Å². The SMILES string of the molecule is CNCCC#Cc1cc([N+](=O)[O-])c(C)nc1Cl. The monoisotopic (exact) mass is 253 g/mol. The molecule has 0 saturated carbocycles. The molecule has 90 valence electrons. The summed E-state index contributed by atoms with van der Waals surface area (Å²) in [6.45, 7) is 2.30. The highest BCUT2D eigenvalue weighted by molar-refractivity contribution is 6.30. The lowest BCUT2D eigenvalue weighted by Crippen LogP contribution is -2.05. The van der Waals surface area contributed by atoms with Crippen LogP contribution in [0, 0.1) is 28.9 Å². The fourth-order valence-electron chi connectivity index (χ4n) is 1.18. The maximum Gasteiger partial charge on any atom is 0.291 e. The Hall–Kier alpha value is -1.64. The van der Waals surface area contributed by atoms with Crippen LogP contribution in [0.4, 0.5) is 5.69 Å². The first-order valence-corrected chi connectivity index (χ1v) is 5.39. The van der Waals surface area contributed by atoms with Gasteiger partial charge in [0, 0.05) is 19.0 Å². The summed E-state index contributed by atoms with van der Waals surface area (Å²) in [4.78, 5) is 14.1. The minimum atomic E-state index is -0.489. The summed E-state index contributed by atoms with van der Waals surface area (Å²) in [7, 11) is 1.83. The lowest BCUT2D eigenvalue weighted by atomic mass is 10.2. The summed E-state index contributed by atoms with van der Waals surface area (Å²) >= 11 is 5.87. The molecular weight excluding hydrogens is 242 g/mol. The van der Waals surface area contributed by atoms with Gasteiger partial charge in [0.05, 0.1) is 10.5 Å². The summed E-state index contributed by atoms with van der Waals surface area (Å²) in [6, 6.07) is 1.36. The second-order valence-corrected chi connectivity index (χ2v) is 3.70. The van der Waals surface area contributed by atoms with Gasteiger partial charge in [-0.3, -0.25) is 10.1 Å². The lowest BCUT2D eigenvalue weighted by molar-refractivity contribution is -0.385. The third kappa shape index (κ3) is 3.70. The number of nitro groups is 1. The van der Waals surface area contributed by atoms with Gasteiger partial charge in [0.1, 0.15) is 10.8 Å². The van der Waals surface area contributed by atoms with Crippen LogP contribution in [0.2, 0.25) is 5.15 Å². The van der Waals surface area contributed by atoms with Gasteiger partial charge in [-0.05, 0) is 14.0 Å². The van der Waals surface area contributed by atoms with Crippen molar-refractivity contribution in [1.82, 2.24) is 10.3 Å². The van der Waals surface area contributed by atoms with Crippen molar-refractivity contribution in [3.8, 4) is 11.8 Å². The maximum absolute atomic E-state index is 10.7. The van der Waals surface area contributed by atoms with Gasteiger partial charge in [0.15, 0.2) is 0 Å². The molecule has 0 unspecified atom stereocenters. The van der Waals surface area contributed by atoms with Crippen molar-refractivity contribution >= 4 is 17.3 Å². The minimum Gasteiger partial charge on any atom is -0.319 e. The molecule has 0 spiro atoms. The van der Waals surface area contributed by atoms with Crippen LogP contribution in [0.5, 0.6) is 0 Å². The number of aryl methyl sites for hydroxylation is 1. The van der Waals surface area contributed by atoms with Gasteiger partial charge in [-0.25, -0.2) is 4.98 Å². The van der Waals surface area contributed by atoms with Crippen LogP contribution in [0.15, 0.2) is 6.07 Å². The molecule has 1 N–H and O–H groups in total. The molecule has 0 aliphatic heterocycles. The van der Waals surface area contributed by atoms with Gasteiger partial charge in [-0.15, -0.1) is 0 Å². The summed E-state index contributed by atoms with van der Waals surface area (Å²) in [5.74, 6) is 5.65. The van der Waals surface area contributed by atoms with Crippen LogP contribution in [0.25, 0.3) is 0 Å². The maximum atomic E-state index is 10.7. The molecule has 1 rings (SSSR count). The van der Waals surface area contributed by atoms with Crippen LogP contribution < -0.4 is 5.32 Å². The molecule has 0 saturated heterocycles. The smallest absolute Gasteiger partial charge is 0.291 e. The predicted molar refractivity (Wildman–Crippen MR) is 66.1 cm³/mol. The van der Waals surface area contributed by atoms with E-state index in [0.717, 1.165) is 6.54 Å². The van der Waals surface area contributed by atoms with E-state index < -0.39 is 4.92 Å². The van der Waals surface area contributed by atoms with Crippen molar-refractivity contribution in [1.29, 1.82) is 0 Å². The van der Waals surface area contributed by atoms with E-state index >= 15 is 0 Å². The third-order valence-electron chi connectivity index (χ3n) is 2.06. The Morgan fingerprint density at radius 1 is 1.65 bits per heavy atom. The molecule has 0 amide bonds. The second kappa shape index (κ2) is 6.18. The molecule has 1 aromatic heterocycles. The number of hydrogen-bond donors (Lipinski definition) is 1. The van der Waals surface area contributed by atoms with Crippen LogP contribution in [0.1, 0.15) is 17.7 Å². The normalized spacial score (nSPS) is 9.59. The summed E-state index contributed by atoms with van der Waals surface area (Å²) in [5.41, 5.74) is 0.619. The molecule has 0 bridgehead atoms. The molecule has 0 fully saturated rings. The highest BCUT2D eigenvalue weighted by atomic mass is 35.5. The Morgan fingerprint density at radius 3 is 2.94 bits per heavy atom. The van der Waals surface area contributed by atoms with E-state index in [9.17, 15) is 10.1 Å². The number of halogens is 1. The zero-order valence-electron chi connectivity index (χ0n) is 9.58. The molecule has 1 heterocycles. The highest BCUT2D eigenvalue weighted by Crippen LogP contribution is 2.22. The number of pyridine rings is 1. The molecule has 17 heavy (non-hydrogen) atoms. The zero-order chi connectivity index (χ0) is 12.8. The van der Waals surface area contributed by atoms with Crippen LogP contribution in [0.3, 0.4) is 0 Å². The van der Waals surface area contributed by atoms with Crippen molar-refractivity contribution in [2.45, 2.75) is 13.3 Å². The van der Waals surface area contributed by atoms with Gasteiger partial charge in [0.2, 0.25) is 0 Å². The molecule has 0 aromatic carbocycles. The number of nitrogens with zero attached hydrogens (tertiary/aromatic N) is 2. The molecule has 0 atom stereocenters. The Morgan fingerprint density at radius 2 is 2.35 bits per heavy atom. The van der Waals surface area contributed by atoms with Gasteiger partial charge < -0.3 is 5.32 Å². The number of rotatable bonds is 3. The topological polar surface area (TPSA) is 68.1 Å². The Labute approximate surface area is 104 Å². The van der Waals surface area contributed by atoms with E-state index in [0.29, 0.717) is 17.7 Å². The summed E-state index contributed by atoms with van der Waals surface area (Å²) in [5, 5.41) is 13.9. The van der Waals surface area contributed by atoms with Crippen molar-refractivity contribution in [3.63, 3.8) is 0 Å². The fraction of sp³-hybridized carbons (Fsp3) is 0.364. The van der Waals surface area contributed by atoms with E-state index in [-0.39, 0.29) is 10.8 Å². The average molecular weight is 254 g/mol. The highest BCUT2D eigenvalue weighted by Gasteiger charge is 2.14. The number of hydrogen-bond acceptors (Lipinski definition) is 4. The van der Waals surface area contributed by atoms with Gasteiger partial charge in [-0.1, -0.05) is 23.4 Å². The van der Waals surface area contributed by atoms with Crippen molar-refractivity contribution < 1.29 is 4.92 Å². The minimum absolute atomic E-state index is 0.0627. The predicted octanol–water partition coefficient (Wildman–Crippen LogP) is 1.91. The van der Waals surface area contributed by atoms with Gasteiger partial charge in [-0.2, -0.15) is 0 Å². The first-order valence-electron chi connectivity index (χ1n) is 5.01. The largest absolute Gasteiger partial charge is 0.319 e. The lowest BCUT2D eigenvalue weighted by Gasteiger charge is -1.99. The van der Waals surface area contributed by atoms with E-state index in [1.807, 2.05) is 7.05 Å². The van der Waals surface area contributed by atoms with Crippen molar-refractivity contribution in [2.24, 2.45) is 0 Å². The number of nitrogens with one attached hydrogen (secondary N) is 1. The van der Waals surface area contributed by atoms with Crippen LogP contribution in [-0.4, -0.2) is 23.5 Å². The Bertz CT molecular complexity index is 491. The van der Waals surface area contributed by atoms with Crippen LogP contribution in [-0.2, 0) is 0 Å². The summed E-state index contributed by atoms with van der Waals surface area (Å²) < 4.78 is 0.